The van der Waals surface area contributed by atoms with E-state index >= 15 is 0 Å². The molecule has 0 spiro atoms. The van der Waals surface area contributed by atoms with E-state index in [1.54, 1.807) is 0 Å². The van der Waals surface area contributed by atoms with Crippen LogP contribution in [0.25, 0.3) is 0 Å². The van der Waals surface area contributed by atoms with Gasteiger partial charge in [0, 0.05) is 25.9 Å². The number of morpholine rings is 1. The minimum Gasteiger partial charge on any atom is -0.393 e. The van der Waals surface area contributed by atoms with Gasteiger partial charge in [-0.2, -0.15) is 0 Å². The standard InChI is InChI=1S/C11H17NO4/c13-10-7-9(8-11(14)16-10)1-2-12-3-5-15-6-4-12/h9H,1-8H2. The second-order valence-corrected chi connectivity index (χ2v) is 4.36. The molecule has 0 aliphatic carbocycles. The van der Waals surface area contributed by atoms with Gasteiger partial charge in [0.25, 0.3) is 0 Å². The largest absolute Gasteiger partial charge is 0.393 e. The van der Waals surface area contributed by atoms with E-state index in [1.807, 2.05) is 0 Å². The van der Waals surface area contributed by atoms with Crippen LogP contribution in [0.4, 0.5) is 0 Å². The molecule has 0 saturated carbocycles. The van der Waals surface area contributed by atoms with Gasteiger partial charge in [0.15, 0.2) is 0 Å². The van der Waals surface area contributed by atoms with Gasteiger partial charge >= 0.3 is 11.9 Å². The van der Waals surface area contributed by atoms with E-state index in [2.05, 4.69) is 9.64 Å². The molecule has 2 heterocycles. The number of nitrogens with zero attached hydrogens (tertiary/aromatic N) is 1. The molecule has 0 N–H and O–H groups in total. The highest BCUT2D eigenvalue weighted by Gasteiger charge is 2.27. The molecule has 0 bridgehead atoms. The minimum absolute atomic E-state index is 0.164. The summed E-state index contributed by atoms with van der Waals surface area (Å²) in [5, 5.41) is 0. The molecule has 0 atom stereocenters. The first-order chi connectivity index (χ1) is 7.74. The van der Waals surface area contributed by atoms with E-state index in [0.29, 0.717) is 12.8 Å². The Kier molecular flexibility index (Phi) is 3.90. The molecule has 2 fully saturated rings. The number of rotatable bonds is 3. The lowest BCUT2D eigenvalue weighted by Gasteiger charge is -2.28. The predicted molar refractivity (Wildman–Crippen MR) is 55.7 cm³/mol. The van der Waals surface area contributed by atoms with Crippen molar-refractivity contribution in [3.05, 3.63) is 0 Å². The van der Waals surface area contributed by atoms with Crippen LogP contribution in [0.3, 0.4) is 0 Å². The molecule has 0 unspecified atom stereocenters. The third kappa shape index (κ3) is 3.28. The molecule has 0 aromatic heterocycles. The fraction of sp³-hybridized carbons (Fsp3) is 0.818. The molecule has 0 aromatic carbocycles. The van der Waals surface area contributed by atoms with Crippen molar-refractivity contribution in [3.63, 3.8) is 0 Å². The number of hydrogen-bond acceptors (Lipinski definition) is 5. The van der Waals surface area contributed by atoms with E-state index in [0.717, 1.165) is 39.3 Å². The fourth-order valence-electron chi connectivity index (χ4n) is 2.15. The number of carbonyl (C=O) groups is 2. The van der Waals surface area contributed by atoms with Gasteiger partial charge in [-0.1, -0.05) is 0 Å². The molecule has 0 radical (unpaired) electrons. The van der Waals surface area contributed by atoms with E-state index < -0.39 is 0 Å². The monoisotopic (exact) mass is 227 g/mol. The van der Waals surface area contributed by atoms with Crippen molar-refractivity contribution in [2.75, 3.05) is 32.8 Å². The van der Waals surface area contributed by atoms with Crippen molar-refractivity contribution in [1.29, 1.82) is 0 Å². The SMILES string of the molecule is O=C1CC(CCN2CCOCC2)CC(=O)O1. The summed E-state index contributed by atoms with van der Waals surface area (Å²) in [6, 6.07) is 0. The van der Waals surface area contributed by atoms with Crippen LogP contribution in [-0.2, 0) is 19.1 Å². The first-order valence-electron chi connectivity index (χ1n) is 5.77. The van der Waals surface area contributed by atoms with Gasteiger partial charge in [0.05, 0.1) is 13.2 Å². The topological polar surface area (TPSA) is 55.8 Å². The Morgan fingerprint density at radius 2 is 1.75 bits per heavy atom. The number of ether oxygens (including phenoxy) is 2. The first kappa shape index (κ1) is 11.5. The minimum atomic E-state index is -0.372. The highest BCUT2D eigenvalue weighted by Crippen LogP contribution is 2.20. The summed E-state index contributed by atoms with van der Waals surface area (Å²) in [5.41, 5.74) is 0. The van der Waals surface area contributed by atoms with E-state index in [4.69, 9.17) is 4.74 Å². The molecule has 16 heavy (non-hydrogen) atoms. The van der Waals surface area contributed by atoms with Gasteiger partial charge < -0.3 is 9.47 Å². The zero-order chi connectivity index (χ0) is 11.4. The van der Waals surface area contributed by atoms with Gasteiger partial charge in [0.1, 0.15) is 0 Å². The smallest absolute Gasteiger partial charge is 0.313 e. The summed E-state index contributed by atoms with van der Waals surface area (Å²) >= 11 is 0. The van der Waals surface area contributed by atoms with Crippen LogP contribution in [0.5, 0.6) is 0 Å². The van der Waals surface area contributed by atoms with Crippen LogP contribution >= 0.6 is 0 Å². The van der Waals surface area contributed by atoms with Crippen LogP contribution in [-0.4, -0.2) is 49.7 Å². The molecule has 0 amide bonds. The third-order valence-electron chi connectivity index (χ3n) is 3.10. The van der Waals surface area contributed by atoms with Gasteiger partial charge in [0.2, 0.25) is 0 Å². The molecule has 2 saturated heterocycles. The fourth-order valence-corrected chi connectivity index (χ4v) is 2.15. The zero-order valence-electron chi connectivity index (χ0n) is 9.31. The summed E-state index contributed by atoms with van der Waals surface area (Å²) in [5.74, 6) is -0.581. The summed E-state index contributed by atoms with van der Waals surface area (Å²) in [7, 11) is 0. The second-order valence-electron chi connectivity index (χ2n) is 4.36. The molecule has 2 aliphatic heterocycles. The van der Waals surface area contributed by atoms with Gasteiger partial charge in [-0.05, 0) is 18.9 Å². The molecule has 90 valence electrons. The highest BCUT2D eigenvalue weighted by atomic mass is 16.6. The van der Waals surface area contributed by atoms with Crippen molar-refractivity contribution >= 4 is 11.9 Å². The van der Waals surface area contributed by atoms with E-state index in [1.165, 1.54) is 0 Å². The lowest BCUT2D eigenvalue weighted by atomic mass is 9.95. The Labute approximate surface area is 94.7 Å². The maximum atomic E-state index is 11.1. The second kappa shape index (κ2) is 5.41. The van der Waals surface area contributed by atoms with Crippen molar-refractivity contribution in [3.8, 4) is 0 Å². The Balaban J connectivity index is 1.72. The normalized spacial score (nSPS) is 24.5. The average molecular weight is 227 g/mol. The Hall–Kier alpha value is -0.940. The summed E-state index contributed by atoms with van der Waals surface area (Å²) in [4.78, 5) is 24.4. The van der Waals surface area contributed by atoms with E-state index in [-0.39, 0.29) is 17.9 Å². The van der Waals surface area contributed by atoms with Gasteiger partial charge in [-0.3, -0.25) is 14.5 Å². The lowest BCUT2D eigenvalue weighted by Crippen LogP contribution is -2.38. The van der Waals surface area contributed by atoms with Gasteiger partial charge in [-0.25, -0.2) is 0 Å². The Morgan fingerprint density at radius 1 is 1.12 bits per heavy atom. The molecular weight excluding hydrogens is 210 g/mol. The molecule has 0 aromatic rings. The van der Waals surface area contributed by atoms with Crippen LogP contribution in [0.1, 0.15) is 19.3 Å². The van der Waals surface area contributed by atoms with Crippen LogP contribution in [0.15, 0.2) is 0 Å². The highest BCUT2D eigenvalue weighted by molar-refractivity contribution is 5.88. The lowest BCUT2D eigenvalue weighted by molar-refractivity contribution is -0.165. The molecular formula is C11H17NO4. The molecule has 2 aliphatic rings. The van der Waals surface area contributed by atoms with Crippen molar-refractivity contribution in [2.45, 2.75) is 19.3 Å². The van der Waals surface area contributed by atoms with Gasteiger partial charge in [-0.15, -0.1) is 0 Å². The van der Waals surface area contributed by atoms with Crippen molar-refractivity contribution < 1.29 is 19.1 Å². The molecule has 5 nitrogen and oxygen atoms in total. The molecule has 5 heteroatoms. The predicted octanol–water partition coefficient (Wildman–Crippen LogP) is 0.188. The third-order valence-corrected chi connectivity index (χ3v) is 3.10. The van der Waals surface area contributed by atoms with Crippen molar-refractivity contribution in [1.82, 2.24) is 4.90 Å². The maximum absolute atomic E-state index is 11.1. The first-order valence-corrected chi connectivity index (χ1v) is 5.77. The molecule has 2 rings (SSSR count). The van der Waals surface area contributed by atoms with E-state index in [9.17, 15) is 9.59 Å². The summed E-state index contributed by atoms with van der Waals surface area (Å²) < 4.78 is 9.75. The number of carbonyl (C=O) groups excluding carboxylic acids is 2. The number of cyclic esters (lactones) is 2. The zero-order valence-corrected chi connectivity index (χ0v) is 9.31. The Morgan fingerprint density at radius 3 is 2.38 bits per heavy atom. The number of esters is 2. The quantitative estimate of drug-likeness (QED) is 0.509. The Bertz CT molecular complexity index is 257. The van der Waals surface area contributed by atoms with Crippen LogP contribution in [0.2, 0.25) is 0 Å². The van der Waals surface area contributed by atoms with Crippen LogP contribution in [0, 0.1) is 5.92 Å². The maximum Gasteiger partial charge on any atom is 0.313 e. The van der Waals surface area contributed by atoms with Crippen LogP contribution < -0.4 is 0 Å². The number of hydrogen-bond donors (Lipinski definition) is 0. The summed E-state index contributed by atoms with van der Waals surface area (Å²) in [6.45, 7) is 4.40. The average Bonchev–Trinajstić information content (AvgIpc) is 2.27. The van der Waals surface area contributed by atoms with Crippen molar-refractivity contribution in [2.24, 2.45) is 5.92 Å². The summed E-state index contributed by atoms with van der Waals surface area (Å²) in [6.07, 6.45) is 1.66.